The molecule has 1 aromatic rings. The first-order valence-electron chi connectivity index (χ1n) is 6.33. The molecule has 19 heavy (non-hydrogen) atoms. The molecule has 1 heterocycles. The van der Waals surface area contributed by atoms with Crippen LogP contribution in [0.15, 0.2) is 18.2 Å². The van der Waals surface area contributed by atoms with E-state index in [-0.39, 0.29) is 12.6 Å². The summed E-state index contributed by atoms with van der Waals surface area (Å²) in [6.45, 7) is 0.881. The second kappa shape index (κ2) is 5.93. The number of likely N-dealkylation sites (tertiary alicyclic amines) is 1. The van der Waals surface area contributed by atoms with Gasteiger partial charge in [0.1, 0.15) is 11.5 Å². The fourth-order valence-electron chi connectivity index (χ4n) is 2.64. The van der Waals surface area contributed by atoms with Crippen LogP contribution in [0.25, 0.3) is 0 Å². The van der Waals surface area contributed by atoms with E-state index in [9.17, 15) is 4.79 Å². The Bertz CT molecular complexity index is 461. The number of benzene rings is 1. The quantitative estimate of drug-likeness (QED) is 0.881. The number of hydrogen-bond donors (Lipinski definition) is 1. The monoisotopic (exact) mass is 265 g/mol. The van der Waals surface area contributed by atoms with Gasteiger partial charge in [-0.2, -0.15) is 0 Å². The molecule has 1 aliphatic rings. The van der Waals surface area contributed by atoms with Crippen LogP contribution in [0.2, 0.25) is 0 Å². The fourth-order valence-corrected chi connectivity index (χ4v) is 2.64. The van der Waals surface area contributed by atoms with E-state index in [2.05, 4.69) is 0 Å². The van der Waals surface area contributed by atoms with Gasteiger partial charge < -0.3 is 14.6 Å². The molecule has 1 aromatic carbocycles. The van der Waals surface area contributed by atoms with Crippen molar-refractivity contribution in [2.24, 2.45) is 0 Å². The summed E-state index contributed by atoms with van der Waals surface area (Å²) in [5.41, 5.74) is 1.03. The first-order chi connectivity index (χ1) is 9.15. The molecule has 104 valence electrons. The molecule has 0 aliphatic carbocycles. The normalized spacial score (nSPS) is 19.4. The molecule has 1 saturated heterocycles. The third-order valence-corrected chi connectivity index (χ3v) is 3.50. The van der Waals surface area contributed by atoms with Gasteiger partial charge in [0.15, 0.2) is 0 Å². The molecule has 1 N–H and O–H groups in total. The Kier molecular flexibility index (Phi) is 4.27. The van der Waals surface area contributed by atoms with Crippen LogP contribution in [0, 0.1) is 0 Å². The number of carbonyl (C=O) groups is 1. The highest BCUT2D eigenvalue weighted by Crippen LogP contribution is 2.38. The summed E-state index contributed by atoms with van der Waals surface area (Å²) in [6.07, 6.45) is 1.96. The molecule has 5 heteroatoms. The maximum Gasteiger partial charge on any atom is 0.317 e. The Labute approximate surface area is 112 Å². The lowest BCUT2D eigenvalue weighted by molar-refractivity contribution is -0.138. The van der Waals surface area contributed by atoms with Crippen molar-refractivity contribution in [2.45, 2.75) is 18.9 Å². The second-order valence-electron chi connectivity index (χ2n) is 4.63. The number of methoxy groups -OCH3 is 2. The van der Waals surface area contributed by atoms with Gasteiger partial charge in [-0.15, -0.1) is 0 Å². The van der Waals surface area contributed by atoms with Crippen LogP contribution >= 0.6 is 0 Å². The lowest BCUT2D eigenvalue weighted by Crippen LogP contribution is -2.29. The van der Waals surface area contributed by atoms with Gasteiger partial charge in [0.2, 0.25) is 0 Å². The van der Waals surface area contributed by atoms with Crippen LogP contribution < -0.4 is 9.47 Å². The molecule has 0 saturated carbocycles. The summed E-state index contributed by atoms with van der Waals surface area (Å²) >= 11 is 0. The zero-order valence-corrected chi connectivity index (χ0v) is 11.3. The topological polar surface area (TPSA) is 59.0 Å². The molecule has 5 nitrogen and oxygen atoms in total. The van der Waals surface area contributed by atoms with E-state index in [1.807, 2.05) is 23.1 Å². The molecule has 0 aromatic heterocycles. The van der Waals surface area contributed by atoms with E-state index in [4.69, 9.17) is 14.6 Å². The molecule has 0 amide bonds. The van der Waals surface area contributed by atoms with Crippen molar-refractivity contribution in [3.8, 4) is 11.5 Å². The van der Waals surface area contributed by atoms with Gasteiger partial charge in [-0.1, -0.05) is 6.07 Å². The van der Waals surface area contributed by atoms with Crippen LogP contribution in [0.5, 0.6) is 11.5 Å². The number of rotatable bonds is 5. The Balaban J connectivity index is 2.27. The first-order valence-corrected chi connectivity index (χ1v) is 6.33. The molecule has 0 unspecified atom stereocenters. The SMILES string of the molecule is COc1ccc([C@H]2CCCN2CC(=O)O)c(OC)c1. The number of nitrogens with zero attached hydrogens (tertiary/aromatic N) is 1. The van der Waals surface area contributed by atoms with Gasteiger partial charge in [0, 0.05) is 17.7 Å². The van der Waals surface area contributed by atoms with E-state index in [0.29, 0.717) is 0 Å². The molecule has 1 atom stereocenters. The summed E-state index contributed by atoms with van der Waals surface area (Å²) in [4.78, 5) is 12.9. The van der Waals surface area contributed by atoms with Gasteiger partial charge in [-0.25, -0.2) is 0 Å². The van der Waals surface area contributed by atoms with Crippen LogP contribution in [0.4, 0.5) is 0 Å². The van der Waals surface area contributed by atoms with Gasteiger partial charge in [0.05, 0.1) is 20.8 Å². The van der Waals surface area contributed by atoms with E-state index < -0.39 is 5.97 Å². The maximum atomic E-state index is 10.9. The predicted octanol–water partition coefficient (Wildman–Crippen LogP) is 1.93. The maximum absolute atomic E-state index is 10.9. The number of ether oxygens (including phenoxy) is 2. The zero-order chi connectivity index (χ0) is 13.8. The summed E-state index contributed by atoms with van der Waals surface area (Å²) in [5.74, 6) is 0.699. The Hall–Kier alpha value is -1.75. The molecular weight excluding hydrogens is 246 g/mol. The summed E-state index contributed by atoms with van der Waals surface area (Å²) in [7, 11) is 3.23. The van der Waals surface area contributed by atoms with Crippen LogP contribution in [0.3, 0.4) is 0 Å². The van der Waals surface area contributed by atoms with Gasteiger partial charge >= 0.3 is 5.97 Å². The highest BCUT2D eigenvalue weighted by molar-refractivity contribution is 5.69. The molecule has 0 spiro atoms. The summed E-state index contributed by atoms with van der Waals surface area (Å²) in [5, 5.41) is 8.95. The molecule has 2 rings (SSSR count). The van der Waals surface area contributed by atoms with Crippen molar-refractivity contribution in [2.75, 3.05) is 27.3 Å². The minimum atomic E-state index is -0.792. The summed E-state index contributed by atoms with van der Waals surface area (Å²) in [6, 6.07) is 5.79. The summed E-state index contributed by atoms with van der Waals surface area (Å²) < 4.78 is 10.6. The van der Waals surface area contributed by atoms with Gasteiger partial charge in [-0.05, 0) is 25.5 Å². The highest BCUT2D eigenvalue weighted by Gasteiger charge is 2.29. The first kappa shape index (κ1) is 13.7. The minimum Gasteiger partial charge on any atom is -0.497 e. The van der Waals surface area contributed by atoms with E-state index in [1.165, 1.54) is 0 Å². The van der Waals surface area contributed by atoms with Crippen molar-refractivity contribution in [3.63, 3.8) is 0 Å². The van der Waals surface area contributed by atoms with Crippen LogP contribution in [0.1, 0.15) is 24.4 Å². The number of hydrogen-bond acceptors (Lipinski definition) is 4. The third kappa shape index (κ3) is 2.98. The van der Waals surface area contributed by atoms with E-state index >= 15 is 0 Å². The van der Waals surface area contributed by atoms with Crippen molar-refractivity contribution in [1.29, 1.82) is 0 Å². The smallest absolute Gasteiger partial charge is 0.317 e. The number of carboxylic acid groups (broad SMARTS) is 1. The highest BCUT2D eigenvalue weighted by atomic mass is 16.5. The van der Waals surface area contributed by atoms with E-state index in [1.54, 1.807) is 14.2 Å². The lowest BCUT2D eigenvalue weighted by atomic mass is 10.0. The van der Waals surface area contributed by atoms with Crippen LogP contribution in [-0.2, 0) is 4.79 Å². The average Bonchev–Trinajstić information content (AvgIpc) is 2.85. The van der Waals surface area contributed by atoms with Gasteiger partial charge in [0.25, 0.3) is 0 Å². The molecule has 0 bridgehead atoms. The minimum absolute atomic E-state index is 0.0693. The molecule has 1 aliphatic heterocycles. The third-order valence-electron chi connectivity index (χ3n) is 3.50. The zero-order valence-electron chi connectivity index (χ0n) is 11.3. The van der Waals surface area contributed by atoms with Crippen LogP contribution in [-0.4, -0.2) is 43.3 Å². The molecule has 0 radical (unpaired) electrons. The second-order valence-corrected chi connectivity index (χ2v) is 4.63. The average molecular weight is 265 g/mol. The molecule has 1 fully saturated rings. The molecular formula is C14H19NO4. The predicted molar refractivity (Wildman–Crippen MR) is 70.7 cm³/mol. The van der Waals surface area contributed by atoms with Crippen molar-refractivity contribution in [1.82, 2.24) is 4.90 Å². The van der Waals surface area contributed by atoms with Crippen molar-refractivity contribution < 1.29 is 19.4 Å². The Morgan fingerprint density at radius 1 is 1.42 bits per heavy atom. The Morgan fingerprint density at radius 2 is 2.21 bits per heavy atom. The fraction of sp³-hybridized carbons (Fsp3) is 0.500. The standard InChI is InChI=1S/C14H19NO4/c1-18-10-5-6-11(13(8-10)19-2)12-4-3-7-15(12)9-14(16)17/h5-6,8,12H,3-4,7,9H2,1-2H3,(H,16,17)/t12-/m1/s1. The Morgan fingerprint density at radius 3 is 2.84 bits per heavy atom. The van der Waals surface area contributed by atoms with Gasteiger partial charge in [-0.3, -0.25) is 9.69 Å². The lowest BCUT2D eigenvalue weighted by Gasteiger charge is -2.24. The number of carboxylic acids is 1. The van der Waals surface area contributed by atoms with E-state index in [0.717, 1.165) is 36.4 Å². The van der Waals surface area contributed by atoms with Crippen molar-refractivity contribution in [3.05, 3.63) is 23.8 Å². The largest absolute Gasteiger partial charge is 0.497 e. The number of aliphatic carboxylic acids is 1. The van der Waals surface area contributed by atoms with Crippen molar-refractivity contribution >= 4 is 5.97 Å².